The predicted molar refractivity (Wildman–Crippen MR) is 146 cm³/mol. The molecule has 5 aromatic rings. The number of benzene rings is 2. The molecule has 0 aliphatic heterocycles. The Kier molecular flexibility index (Phi) is 7.13. The van der Waals surface area contributed by atoms with Crippen LogP contribution in [0.15, 0.2) is 94.1 Å². The van der Waals surface area contributed by atoms with E-state index in [1.54, 1.807) is 35.2 Å². The maximum absolute atomic E-state index is 12.8. The van der Waals surface area contributed by atoms with E-state index in [0.717, 1.165) is 38.7 Å². The van der Waals surface area contributed by atoms with Gasteiger partial charge in [0.2, 0.25) is 0 Å². The quantitative estimate of drug-likeness (QED) is 0.233. The highest BCUT2D eigenvalue weighted by Crippen LogP contribution is 2.26. The predicted octanol–water partition coefficient (Wildman–Crippen LogP) is 6.19. The zero-order chi connectivity index (χ0) is 25.8. The smallest absolute Gasteiger partial charge is 0.348 e. The van der Waals surface area contributed by atoms with Crippen LogP contribution in [-0.4, -0.2) is 24.3 Å². The summed E-state index contributed by atoms with van der Waals surface area (Å²) in [5, 5.41) is 7.57. The lowest BCUT2D eigenvalue weighted by Crippen LogP contribution is -2.12. The molecule has 2 aromatic carbocycles. The third kappa shape index (κ3) is 5.93. The van der Waals surface area contributed by atoms with Crippen molar-refractivity contribution in [1.82, 2.24) is 9.97 Å². The number of carbonyl (C=O) groups is 1. The molecule has 0 spiro atoms. The molecule has 0 unspecified atom stereocenters. The molecule has 0 aliphatic rings. The van der Waals surface area contributed by atoms with E-state index in [9.17, 15) is 13.2 Å². The number of amides is 1. The van der Waals surface area contributed by atoms with Crippen LogP contribution in [0.4, 0.5) is 5.69 Å². The van der Waals surface area contributed by atoms with Gasteiger partial charge < -0.3 is 9.50 Å². The van der Waals surface area contributed by atoms with Crippen molar-refractivity contribution in [2.24, 2.45) is 0 Å². The Morgan fingerprint density at radius 1 is 1.03 bits per heavy atom. The normalized spacial score (nSPS) is 11.3. The SMILES string of the molecule is Cc1ccc(NC(=O)c2ccc(OS(=O)(=O)c3cccs3)cc2)cc1Cc1nc(-c2cccnc2)cs1. The van der Waals surface area contributed by atoms with Crippen molar-refractivity contribution in [3.05, 3.63) is 112 Å². The van der Waals surface area contributed by atoms with Crippen molar-refractivity contribution in [1.29, 1.82) is 0 Å². The number of nitrogens with one attached hydrogen (secondary N) is 1. The molecule has 0 saturated carbocycles. The monoisotopic (exact) mass is 547 g/mol. The lowest BCUT2D eigenvalue weighted by molar-refractivity contribution is 0.102. The van der Waals surface area contributed by atoms with E-state index in [1.807, 2.05) is 42.6 Å². The van der Waals surface area contributed by atoms with Crippen molar-refractivity contribution >= 4 is 44.4 Å². The molecule has 0 saturated heterocycles. The van der Waals surface area contributed by atoms with Gasteiger partial charge in [0.15, 0.2) is 4.21 Å². The minimum atomic E-state index is -3.89. The molecule has 37 heavy (non-hydrogen) atoms. The van der Waals surface area contributed by atoms with Gasteiger partial charge in [0.1, 0.15) is 5.75 Å². The second kappa shape index (κ2) is 10.6. The third-order valence-electron chi connectivity index (χ3n) is 5.52. The van der Waals surface area contributed by atoms with Crippen molar-refractivity contribution < 1.29 is 17.4 Å². The second-order valence-corrected chi connectivity index (χ2v) is 11.8. The molecule has 3 aromatic heterocycles. The molecule has 3 heterocycles. The zero-order valence-corrected chi connectivity index (χ0v) is 22.1. The van der Waals surface area contributed by atoms with Crippen molar-refractivity contribution in [3.8, 4) is 17.0 Å². The lowest BCUT2D eigenvalue weighted by Gasteiger charge is -2.10. The number of aromatic nitrogens is 2. The number of pyridine rings is 1. The highest BCUT2D eigenvalue weighted by atomic mass is 32.3. The minimum absolute atomic E-state index is 0.121. The molecule has 1 amide bonds. The van der Waals surface area contributed by atoms with Crippen LogP contribution < -0.4 is 9.50 Å². The molecular formula is C27H21N3O4S3. The fraction of sp³-hybridized carbons (Fsp3) is 0.0741. The van der Waals surface area contributed by atoms with Crippen LogP contribution in [0.3, 0.4) is 0 Å². The first kappa shape index (κ1) is 24.8. The van der Waals surface area contributed by atoms with Crippen LogP contribution in [0.2, 0.25) is 0 Å². The standard InChI is InChI=1S/C27H21N3O4S3/c1-18-6-9-22(14-21(18)15-25-30-24(17-36-25)20-4-2-12-28-16-20)29-27(31)19-7-10-23(11-8-19)34-37(32,33)26-5-3-13-35-26/h2-14,16-17H,15H2,1H3,(H,29,31). The number of aryl methyl sites for hydroxylation is 1. The summed E-state index contributed by atoms with van der Waals surface area (Å²) in [6.07, 6.45) is 4.17. The highest BCUT2D eigenvalue weighted by Gasteiger charge is 2.18. The maximum atomic E-state index is 12.8. The first-order valence-electron chi connectivity index (χ1n) is 11.2. The summed E-state index contributed by atoms with van der Waals surface area (Å²) < 4.78 is 29.9. The first-order valence-corrected chi connectivity index (χ1v) is 14.4. The van der Waals surface area contributed by atoms with Crippen LogP contribution in [0, 0.1) is 6.92 Å². The Balaban J connectivity index is 1.26. The number of anilines is 1. The number of thiazole rings is 1. The Bertz CT molecular complexity index is 1630. The van der Waals surface area contributed by atoms with E-state index in [4.69, 9.17) is 9.17 Å². The van der Waals surface area contributed by atoms with E-state index in [-0.39, 0.29) is 15.9 Å². The van der Waals surface area contributed by atoms with Gasteiger partial charge in [-0.3, -0.25) is 9.78 Å². The third-order valence-corrected chi connectivity index (χ3v) is 8.97. The lowest BCUT2D eigenvalue weighted by atomic mass is 10.0. The molecule has 1 N–H and O–H groups in total. The summed E-state index contributed by atoms with van der Waals surface area (Å²) >= 11 is 2.67. The topological polar surface area (TPSA) is 98.2 Å². The molecular weight excluding hydrogens is 527 g/mol. The van der Waals surface area contributed by atoms with Crippen LogP contribution in [0.5, 0.6) is 5.75 Å². The molecule has 10 heteroatoms. The molecule has 0 bridgehead atoms. The Morgan fingerprint density at radius 2 is 1.86 bits per heavy atom. The summed E-state index contributed by atoms with van der Waals surface area (Å²) in [6.45, 7) is 2.03. The summed E-state index contributed by atoms with van der Waals surface area (Å²) in [6, 6.07) is 18.7. The molecule has 7 nitrogen and oxygen atoms in total. The summed E-state index contributed by atoms with van der Waals surface area (Å²) in [7, 11) is -3.89. The van der Waals surface area contributed by atoms with Crippen LogP contribution in [0.1, 0.15) is 26.5 Å². The van der Waals surface area contributed by atoms with Gasteiger partial charge in [-0.25, -0.2) is 4.98 Å². The number of nitrogens with zero attached hydrogens (tertiary/aromatic N) is 2. The summed E-state index contributed by atoms with van der Waals surface area (Å²) in [5.41, 5.74) is 5.07. The van der Waals surface area contributed by atoms with E-state index < -0.39 is 10.1 Å². The molecule has 0 aliphatic carbocycles. The van der Waals surface area contributed by atoms with E-state index in [1.165, 1.54) is 30.3 Å². The number of thiophene rings is 1. The van der Waals surface area contributed by atoms with E-state index in [0.29, 0.717) is 17.7 Å². The average molecular weight is 548 g/mol. The van der Waals surface area contributed by atoms with Gasteiger partial charge >= 0.3 is 10.1 Å². The van der Waals surface area contributed by atoms with Gasteiger partial charge in [0, 0.05) is 41.0 Å². The highest BCUT2D eigenvalue weighted by molar-refractivity contribution is 7.89. The molecule has 0 atom stereocenters. The fourth-order valence-corrected chi connectivity index (χ4v) is 6.29. The number of rotatable bonds is 8. The Morgan fingerprint density at radius 3 is 2.59 bits per heavy atom. The van der Waals surface area contributed by atoms with Gasteiger partial charge in [-0.1, -0.05) is 12.1 Å². The van der Waals surface area contributed by atoms with Crippen molar-refractivity contribution in [2.45, 2.75) is 17.6 Å². The fourth-order valence-electron chi connectivity index (χ4n) is 3.58. The molecule has 0 radical (unpaired) electrons. The van der Waals surface area contributed by atoms with Gasteiger partial charge in [0.05, 0.1) is 10.7 Å². The molecule has 186 valence electrons. The number of hydrogen-bond acceptors (Lipinski definition) is 8. The largest absolute Gasteiger partial charge is 0.378 e. The van der Waals surface area contributed by atoms with Gasteiger partial charge in [-0.05, 0) is 78.0 Å². The summed E-state index contributed by atoms with van der Waals surface area (Å²) in [4.78, 5) is 21.7. The van der Waals surface area contributed by atoms with E-state index >= 15 is 0 Å². The van der Waals surface area contributed by atoms with Crippen LogP contribution in [-0.2, 0) is 16.5 Å². The first-order chi connectivity index (χ1) is 17.9. The average Bonchev–Trinajstić information content (AvgIpc) is 3.60. The summed E-state index contributed by atoms with van der Waals surface area (Å²) in [5.74, 6) is -0.174. The van der Waals surface area contributed by atoms with Crippen molar-refractivity contribution in [3.63, 3.8) is 0 Å². The van der Waals surface area contributed by atoms with Crippen molar-refractivity contribution in [2.75, 3.05) is 5.32 Å². The van der Waals surface area contributed by atoms with Crippen LogP contribution in [0.25, 0.3) is 11.3 Å². The maximum Gasteiger partial charge on any atom is 0.348 e. The molecule has 5 rings (SSSR count). The van der Waals surface area contributed by atoms with Crippen LogP contribution >= 0.6 is 22.7 Å². The second-order valence-electron chi connectivity index (χ2n) is 8.13. The Hall–Kier alpha value is -3.86. The van der Waals surface area contributed by atoms with E-state index in [2.05, 4.69) is 10.3 Å². The Labute approximate surface area is 222 Å². The number of hydrogen-bond donors (Lipinski definition) is 1. The van der Waals surface area contributed by atoms with Gasteiger partial charge in [-0.2, -0.15) is 8.42 Å². The molecule has 0 fully saturated rings. The minimum Gasteiger partial charge on any atom is -0.378 e. The van der Waals surface area contributed by atoms with Gasteiger partial charge in [0.25, 0.3) is 5.91 Å². The van der Waals surface area contributed by atoms with Gasteiger partial charge in [-0.15, -0.1) is 22.7 Å². The number of carbonyl (C=O) groups excluding carboxylic acids is 1. The zero-order valence-electron chi connectivity index (χ0n) is 19.6.